The maximum absolute atomic E-state index is 13.4. The Balaban J connectivity index is 1.36. The van der Waals surface area contributed by atoms with Crippen LogP contribution in [0.15, 0.2) is 67.0 Å². The average molecular weight is 479 g/mol. The lowest BCUT2D eigenvalue weighted by atomic mass is 10.2. The Morgan fingerprint density at radius 2 is 1.97 bits per heavy atom. The zero-order valence-corrected chi connectivity index (χ0v) is 19.4. The molecule has 174 valence electrons. The number of fused-ring (bicyclic) bond motifs is 1. The van der Waals surface area contributed by atoms with Gasteiger partial charge in [0.2, 0.25) is 0 Å². The minimum atomic E-state index is -0.299. The normalized spacial score (nSPS) is 16.0. The number of rotatable bonds is 7. The summed E-state index contributed by atoms with van der Waals surface area (Å²) in [6.07, 6.45) is 2.64. The van der Waals surface area contributed by atoms with Crippen LogP contribution in [0.25, 0.3) is 10.9 Å². The smallest absolute Gasteiger partial charge is 0.145 e. The highest BCUT2D eigenvalue weighted by molar-refractivity contribution is 6.32. The Hall–Kier alpha value is -3.42. The zero-order valence-electron chi connectivity index (χ0n) is 18.7. The number of anilines is 2. The SMILES string of the molecule is CN1CCC(Oc2cccc3ncnc(Nc4ccc(OCc5cccc(F)c5)c(Cl)c4)c23)C1. The molecular weight excluding hydrogens is 455 g/mol. The summed E-state index contributed by atoms with van der Waals surface area (Å²) >= 11 is 6.47. The van der Waals surface area contributed by atoms with Gasteiger partial charge in [0.15, 0.2) is 0 Å². The molecule has 2 heterocycles. The predicted molar refractivity (Wildman–Crippen MR) is 132 cm³/mol. The van der Waals surface area contributed by atoms with Gasteiger partial charge < -0.3 is 19.7 Å². The third-order valence-electron chi connectivity index (χ3n) is 5.74. The highest BCUT2D eigenvalue weighted by Gasteiger charge is 2.22. The molecule has 4 aromatic rings. The quantitative estimate of drug-likeness (QED) is 0.361. The van der Waals surface area contributed by atoms with E-state index in [1.54, 1.807) is 24.3 Å². The maximum atomic E-state index is 13.4. The largest absolute Gasteiger partial charge is 0.488 e. The molecule has 0 bridgehead atoms. The van der Waals surface area contributed by atoms with Gasteiger partial charge in [-0.1, -0.05) is 29.8 Å². The van der Waals surface area contributed by atoms with Crippen LogP contribution in [0.3, 0.4) is 0 Å². The fourth-order valence-electron chi connectivity index (χ4n) is 4.06. The standard InChI is InChI=1S/C26H24ClFN4O2/c1-32-11-10-20(14-32)34-24-7-3-6-22-25(24)26(30-16-29-22)31-19-8-9-23(21(27)13-19)33-15-17-4-2-5-18(28)12-17/h2-9,12-13,16,20H,10-11,14-15H2,1H3,(H,29,30,31). The second-order valence-electron chi connectivity index (χ2n) is 8.35. The lowest BCUT2D eigenvalue weighted by Crippen LogP contribution is -2.21. The van der Waals surface area contributed by atoms with Crippen molar-refractivity contribution in [2.45, 2.75) is 19.1 Å². The number of likely N-dealkylation sites (tertiary alicyclic amines) is 1. The summed E-state index contributed by atoms with van der Waals surface area (Å²) in [4.78, 5) is 11.1. The molecule has 1 unspecified atom stereocenters. The van der Waals surface area contributed by atoms with Gasteiger partial charge in [-0.05, 0) is 61.5 Å². The second-order valence-corrected chi connectivity index (χ2v) is 8.76. The highest BCUT2D eigenvalue weighted by Crippen LogP contribution is 2.35. The fraction of sp³-hybridized carbons (Fsp3) is 0.231. The van der Waals surface area contributed by atoms with Crippen LogP contribution in [0.2, 0.25) is 5.02 Å². The van der Waals surface area contributed by atoms with E-state index in [1.165, 1.54) is 18.5 Å². The maximum Gasteiger partial charge on any atom is 0.145 e. The van der Waals surface area contributed by atoms with Gasteiger partial charge in [0, 0.05) is 18.8 Å². The van der Waals surface area contributed by atoms with Crippen molar-refractivity contribution in [3.8, 4) is 11.5 Å². The van der Waals surface area contributed by atoms with E-state index in [0.717, 1.165) is 47.4 Å². The molecule has 0 spiro atoms. The lowest BCUT2D eigenvalue weighted by Gasteiger charge is -2.17. The van der Waals surface area contributed by atoms with E-state index in [1.807, 2.05) is 24.3 Å². The van der Waals surface area contributed by atoms with E-state index in [4.69, 9.17) is 21.1 Å². The summed E-state index contributed by atoms with van der Waals surface area (Å²) in [5.74, 6) is 1.60. The molecule has 1 aliphatic rings. The molecule has 1 aromatic heterocycles. The molecule has 1 aliphatic heterocycles. The topological polar surface area (TPSA) is 59.5 Å². The molecule has 0 aliphatic carbocycles. The minimum Gasteiger partial charge on any atom is -0.488 e. The van der Waals surface area contributed by atoms with Gasteiger partial charge >= 0.3 is 0 Å². The number of ether oxygens (including phenoxy) is 2. The number of aromatic nitrogens is 2. The van der Waals surface area contributed by atoms with Gasteiger partial charge in [0.25, 0.3) is 0 Å². The molecule has 1 atom stereocenters. The number of benzene rings is 3. The van der Waals surface area contributed by atoms with Crippen LogP contribution in [-0.4, -0.2) is 41.1 Å². The molecule has 1 saturated heterocycles. The molecule has 6 nitrogen and oxygen atoms in total. The Morgan fingerprint density at radius 3 is 2.76 bits per heavy atom. The van der Waals surface area contributed by atoms with Gasteiger partial charge in [0.1, 0.15) is 42.2 Å². The predicted octanol–water partition coefficient (Wildman–Crippen LogP) is 5.83. The van der Waals surface area contributed by atoms with Crippen LogP contribution >= 0.6 is 11.6 Å². The van der Waals surface area contributed by atoms with Crippen molar-refractivity contribution in [3.05, 3.63) is 83.4 Å². The van der Waals surface area contributed by atoms with Crippen molar-refractivity contribution in [1.82, 2.24) is 14.9 Å². The molecule has 0 saturated carbocycles. The van der Waals surface area contributed by atoms with Crippen LogP contribution in [0.5, 0.6) is 11.5 Å². The van der Waals surface area contributed by atoms with Crippen LogP contribution < -0.4 is 14.8 Å². The number of hydrogen-bond acceptors (Lipinski definition) is 6. The van der Waals surface area contributed by atoms with Crippen LogP contribution in [0.4, 0.5) is 15.9 Å². The first-order valence-electron chi connectivity index (χ1n) is 11.1. The lowest BCUT2D eigenvalue weighted by molar-refractivity contribution is 0.211. The molecule has 0 amide bonds. The van der Waals surface area contributed by atoms with Crippen molar-refractivity contribution in [1.29, 1.82) is 0 Å². The van der Waals surface area contributed by atoms with Gasteiger partial charge in [-0.25, -0.2) is 14.4 Å². The Bertz CT molecular complexity index is 1310. The second kappa shape index (κ2) is 9.83. The Morgan fingerprint density at radius 1 is 1.09 bits per heavy atom. The Labute approximate surface area is 202 Å². The summed E-state index contributed by atoms with van der Waals surface area (Å²) in [5, 5.41) is 4.60. The summed E-state index contributed by atoms with van der Waals surface area (Å²) in [7, 11) is 2.10. The third-order valence-corrected chi connectivity index (χ3v) is 6.04. The summed E-state index contributed by atoms with van der Waals surface area (Å²) in [6.45, 7) is 2.13. The average Bonchev–Trinajstić information content (AvgIpc) is 3.23. The number of nitrogens with one attached hydrogen (secondary N) is 1. The van der Waals surface area contributed by atoms with E-state index in [-0.39, 0.29) is 18.5 Å². The first-order chi connectivity index (χ1) is 16.5. The molecule has 3 aromatic carbocycles. The van der Waals surface area contributed by atoms with Crippen LogP contribution in [0, 0.1) is 5.82 Å². The van der Waals surface area contributed by atoms with Gasteiger partial charge in [-0.2, -0.15) is 0 Å². The van der Waals surface area contributed by atoms with Gasteiger partial charge in [-0.3, -0.25) is 0 Å². The number of likely N-dealkylation sites (N-methyl/N-ethyl adjacent to an activating group) is 1. The van der Waals surface area contributed by atoms with Crippen molar-refractivity contribution in [2.75, 3.05) is 25.5 Å². The molecule has 34 heavy (non-hydrogen) atoms. The van der Waals surface area contributed by atoms with E-state index in [2.05, 4.69) is 27.2 Å². The number of hydrogen-bond donors (Lipinski definition) is 1. The van der Waals surface area contributed by atoms with Crippen molar-refractivity contribution >= 4 is 34.0 Å². The monoisotopic (exact) mass is 478 g/mol. The van der Waals surface area contributed by atoms with Gasteiger partial charge in [-0.15, -0.1) is 0 Å². The number of halogens is 2. The van der Waals surface area contributed by atoms with E-state index in [0.29, 0.717) is 16.6 Å². The van der Waals surface area contributed by atoms with E-state index >= 15 is 0 Å². The van der Waals surface area contributed by atoms with Crippen molar-refractivity contribution in [2.24, 2.45) is 0 Å². The van der Waals surface area contributed by atoms with Crippen LogP contribution in [-0.2, 0) is 6.61 Å². The molecule has 8 heteroatoms. The van der Waals surface area contributed by atoms with Gasteiger partial charge in [0.05, 0.1) is 15.9 Å². The zero-order chi connectivity index (χ0) is 23.5. The molecule has 0 radical (unpaired) electrons. The van der Waals surface area contributed by atoms with Crippen molar-refractivity contribution < 1.29 is 13.9 Å². The molecule has 1 fully saturated rings. The third kappa shape index (κ3) is 5.05. The molecular formula is C26H24ClFN4O2. The first-order valence-corrected chi connectivity index (χ1v) is 11.5. The molecule has 1 N–H and O–H groups in total. The van der Waals surface area contributed by atoms with Crippen LogP contribution in [0.1, 0.15) is 12.0 Å². The first kappa shape index (κ1) is 22.4. The molecule has 5 rings (SSSR count). The fourth-order valence-corrected chi connectivity index (χ4v) is 4.30. The highest BCUT2D eigenvalue weighted by atomic mass is 35.5. The summed E-state index contributed by atoms with van der Waals surface area (Å²) < 4.78 is 25.5. The van der Waals surface area contributed by atoms with E-state index in [9.17, 15) is 4.39 Å². The Kier molecular flexibility index (Phi) is 6.47. The van der Waals surface area contributed by atoms with E-state index < -0.39 is 0 Å². The summed E-state index contributed by atoms with van der Waals surface area (Å²) in [5.41, 5.74) is 2.27. The number of nitrogens with zero attached hydrogens (tertiary/aromatic N) is 3. The van der Waals surface area contributed by atoms with Crippen molar-refractivity contribution in [3.63, 3.8) is 0 Å². The minimum absolute atomic E-state index is 0.132. The summed E-state index contributed by atoms with van der Waals surface area (Å²) in [6, 6.07) is 17.5.